The second-order valence-electron chi connectivity index (χ2n) is 5.88. The second kappa shape index (κ2) is 7.46. The zero-order valence-corrected chi connectivity index (χ0v) is 14.7. The molecule has 0 spiro atoms. The van der Waals surface area contributed by atoms with Crippen molar-refractivity contribution in [2.45, 2.75) is 19.3 Å². The van der Waals surface area contributed by atoms with Crippen molar-refractivity contribution in [3.8, 4) is 23.3 Å². The Morgan fingerprint density at radius 3 is 2.38 bits per heavy atom. The first-order valence-electron chi connectivity index (χ1n) is 7.55. The van der Waals surface area contributed by atoms with Gasteiger partial charge in [-0.3, -0.25) is 0 Å². The summed E-state index contributed by atoms with van der Waals surface area (Å²) in [4.78, 5) is 0. The van der Waals surface area contributed by atoms with Crippen LogP contribution in [0.4, 0.5) is 0 Å². The molecule has 0 amide bonds. The van der Waals surface area contributed by atoms with E-state index in [4.69, 9.17) is 21.1 Å². The van der Waals surface area contributed by atoms with Crippen LogP contribution in [0.15, 0.2) is 36.4 Å². The summed E-state index contributed by atoms with van der Waals surface area (Å²) in [5.74, 6) is 1.45. The highest BCUT2D eigenvalue weighted by Crippen LogP contribution is 2.39. The third kappa shape index (κ3) is 3.58. The molecule has 4 nitrogen and oxygen atoms in total. The standard InChI is InChI=1S/C19H20ClNO3/c1-19(2,14-4-6-16(22)7-5-14)15-10-13(12-21)18(24-9-8-20)17(11-15)23-3/h4-7,10-11,22H,8-9H2,1-3H3. The van der Waals surface area contributed by atoms with Gasteiger partial charge >= 0.3 is 0 Å². The summed E-state index contributed by atoms with van der Waals surface area (Å²) in [5, 5.41) is 19.0. The van der Waals surface area contributed by atoms with Gasteiger partial charge in [0.2, 0.25) is 0 Å². The molecule has 0 bridgehead atoms. The van der Waals surface area contributed by atoms with E-state index in [-0.39, 0.29) is 11.2 Å². The second-order valence-corrected chi connectivity index (χ2v) is 6.25. The number of hydrogen-bond acceptors (Lipinski definition) is 4. The monoisotopic (exact) mass is 345 g/mol. The maximum absolute atomic E-state index is 9.49. The summed E-state index contributed by atoms with van der Waals surface area (Å²) in [7, 11) is 1.54. The normalized spacial score (nSPS) is 11.0. The SMILES string of the molecule is COc1cc(C(C)(C)c2ccc(O)cc2)cc(C#N)c1OCCCl. The molecule has 0 fully saturated rings. The molecule has 0 atom stereocenters. The summed E-state index contributed by atoms with van der Waals surface area (Å²) < 4.78 is 11.0. The van der Waals surface area contributed by atoms with E-state index in [1.54, 1.807) is 25.3 Å². The Hall–Kier alpha value is -2.38. The molecule has 0 aliphatic carbocycles. The van der Waals surface area contributed by atoms with Gasteiger partial charge in [0.05, 0.1) is 18.6 Å². The topological polar surface area (TPSA) is 62.5 Å². The largest absolute Gasteiger partial charge is 0.508 e. The molecule has 2 aromatic rings. The lowest BCUT2D eigenvalue weighted by Crippen LogP contribution is -2.19. The van der Waals surface area contributed by atoms with Gasteiger partial charge < -0.3 is 14.6 Å². The Morgan fingerprint density at radius 2 is 1.83 bits per heavy atom. The number of nitrogens with zero attached hydrogens (tertiary/aromatic N) is 1. The fraction of sp³-hybridized carbons (Fsp3) is 0.316. The van der Waals surface area contributed by atoms with E-state index >= 15 is 0 Å². The molecule has 24 heavy (non-hydrogen) atoms. The van der Waals surface area contributed by atoms with Gasteiger partial charge in [0.1, 0.15) is 18.4 Å². The smallest absolute Gasteiger partial charge is 0.178 e. The number of rotatable bonds is 6. The molecule has 0 aromatic heterocycles. The first-order valence-corrected chi connectivity index (χ1v) is 8.08. The first kappa shape index (κ1) is 18.0. The number of phenolic OH excluding ortho intramolecular Hbond substituents is 1. The Balaban J connectivity index is 2.54. The number of halogens is 1. The lowest BCUT2D eigenvalue weighted by atomic mass is 9.77. The van der Waals surface area contributed by atoms with Crippen molar-refractivity contribution < 1.29 is 14.6 Å². The molecule has 0 unspecified atom stereocenters. The van der Waals surface area contributed by atoms with E-state index in [1.807, 2.05) is 18.2 Å². The minimum atomic E-state index is -0.377. The van der Waals surface area contributed by atoms with E-state index in [0.717, 1.165) is 11.1 Å². The van der Waals surface area contributed by atoms with Gasteiger partial charge in [-0.1, -0.05) is 26.0 Å². The van der Waals surface area contributed by atoms with Crippen molar-refractivity contribution in [3.05, 3.63) is 53.1 Å². The van der Waals surface area contributed by atoms with Crippen LogP contribution >= 0.6 is 11.6 Å². The maximum atomic E-state index is 9.49. The molecule has 1 N–H and O–H groups in total. The Morgan fingerprint density at radius 1 is 1.17 bits per heavy atom. The minimum absolute atomic E-state index is 0.217. The highest BCUT2D eigenvalue weighted by atomic mass is 35.5. The van der Waals surface area contributed by atoms with E-state index in [2.05, 4.69) is 19.9 Å². The van der Waals surface area contributed by atoms with Gasteiger partial charge in [-0.15, -0.1) is 11.6 Å². The Bertz CT molecular complexity index is 748. The van der Waals surface area contributed by atoms with Crippen molar-refractivity contribution in [1.82, 2.24) is 0 Å². The first-order chi connectivity index (χ1) is 11.4. The average Bonchev–Trinajstić information content (AvgIpc) is 2.59. The van der Waals surface area contributed by atoms with Crippen LogP contribution in [-0.4, -0.2) is 24.7 Å². The van der Waals surface area contributed by atoms with Gasteiger partial charge in [-0.2, -0.15) is 5.26 Å². The number of phenols is 1. The summed E-state index contributed by atoms with van der Waals surface area (Å²) in [6, 6.07) is 12.9. The van der Waals surface area contributed by atoms with Crippen LogP contribution in [0.1, 0.15) is 30.5 Å². The van der Waals surface area contributed by atoms with Crippen LogP contribution < -0.4 is 9.47 Å². The molecule has 0 saturated heterocycles. The maximum Gasteiger partial charge on any atom is 0.178 e. The van der Waals surface area contributed by atoms with E-state index in [9.17, 15) is 10.4 Å². The number of alkyl halides is 1. The van der Waals surface area contributed by atoms with Crippen LogP contribution in [0.2, 0.25) is 0 Å². The van der Waals surface area contributed by atoms with Gasteiger partial charge in [-0.25, -0.2) is 0 Å². The summed E-state index contributed by atoms with van der Waals surface area (Å²) in [5.41, 5.74) is 1.96. The predicted octanol–water partition coefficient (Wildman–Crippen LogP) is 4.22. The third-order valence-corrected chi connectivity index (χ3v) is 4.18. The molecule has 0 radical (unpaired) electrons. The quantitative estimate of drug-likeness (QED) is 0.796. The van der Waals surface area contributed by atoms with Crippen molar-refractivity contribution in [1.29, 1.82) is 5.26 Å². The van der Waals surface area contributed by atoms with Crippen LogP contribution in [0.25, 0.3) is 0 Å². The number of benzene rings is 2. The van der Waals surface area contributed by atoms with Crippen LogP contribution in [0.5, 0.6) is 17.2 Å². The number of ether oxygens (including phenoxy) is 2. The van der Waals surface area contributed by atoms with Crippen molar-refractivity contribution in [2.75, 3.05) is 19.6 Å². The fourth-order valence-electron chi connectivity index (χ4n) is 2.53. The molecule has 0 saturated carbocycles. The van der Waals surface area contributed by atoms with Crippen LogP contribution in [0.3, 0.4) is 0 Å². The summed E-state index contributed by atoms with van der Waals surface area (Å²) >= 11 is 5.67. The minimum Gasteiger partial charge on any atom is -0.508 e. The molecule has 2 rings (SSSR count). The molecule has 126 valence electrons. The van der Waals surface area contributed by atoms with Crippen LogP contribution in [-0.2, 0) is 5.41 Å². The summed E-state index contributed by atoms with van der Waals surface area (Å²) in [6.45, 7) is 4.40. The molecule has 5 heteroatoms. The van der Waals surface area contributed by atoms with Crippen LogP contribution in [0, 0.1) is 11.3 Å². The van der Waals surface area contributed by atoms with Crippen molar-refractivity contribution in [2.24, 2.45) is 0 Å². The molecule has 0 heterocycles. The van der Waals surface area contributed by atoms with E-state index in [0.29, 0.717) is 29.5 Å². The highest BCUT2D eigenvalue weighted by Gasteiger charge is 2.26. The molecular formula is C19H20ClNO3. The molecule has 0 aliphatic heterocycles. The fourth-order valence-corrected chi connectivity index (χ4v) is 2.61. The number of methoxy groups -OCH3 is 1. The zero-order valence-electron chi connectivity index (χ0n) is 14.0. The van der Waals surface area contributed by atoms with Gasteiger partial charge in [0.15, 0.2) is 11.5 Å². The van der Waals surface area contributed by atoms with E-state index < -0.39 is 0 Å². The predicted molar refractivity (Wildman–Crippen MR) is 94.2 cm³/mol. The molecule has 0 aliphatic rings. The number of aromatic hydroxyl groups is 1. The third-order valence-electron chi connectivity index (χ3n) is 4.03. The van der Waals surface area contributed by atoms with Gasteiger partial charge in [-0.05, 0) is 35.4 Å². The molecule has 2 aromatic carbocycles. The molecular weight excluding hydrogens is 326 g/mol. The lowest BCUT2D eigenvalue weighted by Gasteiger charge is -2.27. The van der Waals surface area contributed by atoms with E-state index in [1.165, 1.54) is 0 Å². The highest BCUT2D eigenvalue weighted by molar-refractivity contribution is 6.18. The lowest BCUT2D eigenvalue weighted by molar-refractivity contribution is 0.311. The number of hydrogen-bond donors (Lipinski definition) is 1. The average molecular weight is 346 g/mol. The summed E-state index contributed by atoms with van der Waals surface area (Å²) in [6.07, 6.45) is 0. The number of nitriles is 1. The zero-order chi connectivity index (χ0) is 17.7. The van der Waals surface area contributed by atoms with Crippen molar-refractivity contribution >= 4 is 11.6 Å². The Kier molecular flexibility index (Phi) is 5.58. The Labute approximate surface area is 147 Å². The van der Waals surface area contributed by atoms with Crippen molar-refractivity contribution in [3.63, 3.8) is 0 Å². The van der Waals surface area contributed by atoms with Gasteiger partial charge in [0.25, 0.3) is 0 Å². The van der Waals surface area contributed by atoms with Gasteiger partial charge in [0, 0.05) is 5.41 Å².